The zero-order valence-corrected chi connectivity index (χ0v) is 9.39. The fourth-order valence-electron chi connectivity index (χ4n) is 2.03. The SMILES string of the molecule is CCC1CCN(CC(O)CNC(N)O)C1. The largest absolute Gasteiger partial charge is 0.390 e. The van der Waals surface area contributed by atoms with Gasteiger partial charge in [-0.25, -0.2) is 0 Å². The topological polar surface area (TPSA) is 81.8 Å². The Morgan fingerprint density at radius 3 is 2.80 bits per heavy atom. The molecule has 0 bridgehead atoms. The summed E-state index contributed by atoms with van der Waals surface area (Å²) in [5, 5.41) is 21.0. The molecule has 0 amide bonds. The van der Waals surface area contributed by atoms with Crippen LogP contribution in [-0.4, -0.2) is 53.7 Å². The lowest BCUT2D eigenvalue weighted by Gasteiger charge is -2.20. The molecule has 1 fully saturated rings. The monoisotopic (exact) mass is 217 g/mol. The highest BCUT2D eigenvalue weighted by Gasteiger charge is 2.22. The van der Waals surface area contributed by atoms with E-state index in [9.17, 15) is 5.11 Å². The standard InChI is InChI=1S/C10H23N3O2/c1-2-8-3-4-13(6-8)7-9(14)5-12-10(11)15/h8-10,12,14-15H,2-7,11H2,1H3. The van der Waals surface area contributed by atoms with Gasteiger partial charge in [-0.3, -0.25) is 11.1 Å². The quantitative estimate of drug-likeness (QED) is 0.425. The summed E-state index contributed by atoms with van der Waals surface area (Å²) in [7, 11) is 0. The molecule has 0 radical (unpaired) electrons. The van der Waals surface area contributed by atoms with Gasteiger partial charge in [0.2, 0.25) is 0 Å². The third-order valence-electron chi connectivity index (χ3n) is 2.98. The van der Waals surface area contributed by atoms with Crippen LogP contribution in [-0.2, 0) is 0 Å². The normalized spacial score (nSPS) is 26.8. The molecule has 1 saturated heterocycles. The smallest absolute Gasteiger partial charge is 0.158 e. The Bertz CT molecular complexity index is 178. The van der Waals surface area contributed by atoms with Gasteiger partial charge in [0.15, 0.2) is 6.35 Å². The average Bonchev–Trinajstić information content (AvgIpc) is 2.62. The molecule has 0 aromatic rings. The first kappa shape index (κ1) is 12.9. The first-order valence-corrected chi connectivity index (χ1v) is 5.69. The lowest BCUT2D eigenvalue weighted by Crippen LogP contribution is -2.44. The number of rotatable bonds is 6. The number of nitrogens with zero attached hydrogens (tertiary/aromatic N) is 1. The number of hydrogen-bond donors (Lipinski definition) is 4. The predicted octanol–water partition coefficient (Wildman–Crippen LogP) is -1.10. The second-order valence-electron chi connectivity index (χ2n) is 4.33. The minimum atomic E-state index is -1.04. The zero-order valence-electron chi connectivity index (χ0n) is 9.39. The van der Waals surface area contributed by atoms with Crippen molar-refractivity contribution >= 4 is 0 Å². The third kappa shape index (κ3) is 4.90. The Labute approximate surface area is 91.3 Å². The Morgan fingerprint density at radius 1 is 1.53 bits per heavy atom. The van der Waals surface area contributed by atoms with Crippen LogP contribution >= 0.6 is 0 Å². The fourth-order valence-corrected chi connectivity index (χ4v) is 2.03. The van der Waals surface area contributed by atoms with E-state index >= 15 is 0 Å². The van der Waals surface area contributed by atoms with Crippen molar-refractivity contribution in [2.75, 3.05) is 26.2 Å². The average molecular weight is 217 g/mol. The van der Waals surface area contributed by atoms with E-state index in [1.165, 1.54) is 12.8 Å². The van der Waals surface area contributed by atoms with Gasteiger partial charge in [0, 0.05) is 19.6 Å². The summed E-state index contributed by atoms with van der Waals surface area (Å²) in [6.45, 7) is 5.36. The van der Waals surface area contributed by atoms with Gasteiger partial charge in [0.1, 0.15) is 0 Å². The number of nitrogens with one attached hydrogen (secondary N) is 1. The molecule has 1 aliphatic rings. The highest BCUT2D eigenvalue weighted by atomic mass is 16.3. The summed E-state index contributed by atoms with van der Waals surface area (Å²) in [6, 6.07) is 0. The van der Waals surface area contributed by atoms with Crippen molar-refractivity contribution in [1.82, 2.24) is 10.2 Å². The summed E-state index contributed by atoms with van der Waals surface area (Å²) < 4.78 is 0. The number of likely N-dealkylation sites (tertiary alicyclic amines) is 1. The van der Waals surface area contributed by atoms with Crippen molar-refractivity contribution in [1.29, 1.82) is 0 Å². The van der Waals surface area contributed by atoms with Crippen LogP contribution in [0.25, 0.3) is 0 Å². The van der Waals surface area contributed by atoms with Gasteiger partial charge in [0.25, 0.3) is 0 Å². The lowest BCUT2D eigenvalue weighted by molar-refractivity contribution is 0.0858. The third-order valence-corrected chi connectivity index (χ3v) is 2.98. The van der Waals surface area contributed by atoms with Gasteiger partial charge in [0.05, 0.1) is 6.10 Å². The zero-order chi connectivity index (χ0) is 11.3. The maximum atomic E-state index is 9.65. The molecule has 0 aromatic heterocycles. The number of nitrogens with two attached hydrogens (primary N) is 1. The van der Waals surface area contributed by atoms with Gasteiger partial charge >= 0.3 is 0 Å². The number of hydrogen-bond acceptors (Lipinski definition) is 5. The maximum absolute atomic E-state index is 9.65. The Balaban J connectivity index is 2.13. The van der Waals surface area contributed by atoms with Crippen molar-refractivity contribution in [2.45, 2.75) is 32.2 Å². The summed E-state index contributed by atoms with van der Waals surface area (Å²) in [5.41, 5.74) is 5.11. The molecule has 1 rings (SSSR count). The Hall–Kier alpha value is -0.200. The maximum Gasteiger partial charge on any atom is 0.158 e. The van der Waals surface area contributed by atoms with Crippen molar-refractivity contribution < 1.29 is 10.2 Å². The molecule has 3 atom stereocenters. The van der Waals surface area contributed by atoms with Crippen LogP contribution in [0.5, 0.6) is 0 Å². The van der Waals surface area contributed by atoms with Gasteiger partial charge in [-0.15, -0.1) is 0 Å². The minimum absolute atomic E-state index is 0.338. The first-order chi connectivity index (χ1) is 7.11. The number of aliphatic hydroxyl groups excluding tert-OH is 2. The van der Waals surface area contributed by atoms with Gasteiger partial charge in [-0.1, -0.05) is 13.3 Å². The molecule has 3 unspecified atom stereocenters. The molecular formula is C10H23N3O2. The fraction of sp³-hybridized carbons (Fsp3) is 1.00. The molecule has 15 heavy (non-hydrogen) atoms. The van der Waals surface area contributed by atoms with Crippen molar-refractivity contribution in [3.05, 3.63) is 0 Å². The molecule has 0 spiro atoms. The van der Waals surface area contributed by atoms with Crippen LogP contribution in [0, 0.1) is 5.92 Å². The summed E-state index contributed by atoms with van der Waals surface area (Å²) >= 11 is 0. The summed E-state index contributed by atoms with van der Waals surface area (Å²) in [6.07, 6.45) is 0.947. The molecule has 90 valence electrons. The van der Waals surface area contributed by atoms with Gasteiger partial charge in [-0.2, -0.15) is 0 Å². The van der Waals surface area contributed by atoms with Gasteiger partial charge in [-0.05, 0) is 18.9 Å². The highest BCUT2D eigenvalue weighted by molar-refractivity contribution is 4.77. The molecule has 1 heterocycles. The van der Waals surface area contributed by atoms with Crippen molar-refractivity contribution in [3.8, 4) is 0 Å². The Kier molecular flexibility index (Phi) is 5.49. The van der Waals surface area contributed by atoms with Crippen LogP contribution in [0.3, 0.4) is 0 Å². The second-order valence-corrected chi connectivity index (χ2v) is 4.33. The number of aliphatic hydroxyl groups is 2. The van der Waals surface area contributed by atoms with E-state index in [2.05, 4.69) is 17.1 Å². The molecule has 5 N–H and O–H groups in total. The van der Waals surface area contributed by atoms with E-state index in [4.69, 9.17) is 10.8 Å². The van der Waals surface area contributed by atoms with Crippen LogP contribution in [0.1, 0.15) is 19.8 Å². The molecule has 0 aliphatic carbocycles. The second kappa shape index (κ2) is 6.40. The van der Waals surface area contributed by atoms with Gasteiger partial charge < -0.3 is 15.1 Å². The van der Waals surface area contributed by atoms with E-state index in [1.54, 1.807) is 0 Å². The number of β-amino-alcohol motifs (C(OH)–C–C–N with tert-alkyl or cyclic N) is 1. The molecule has 0 saturated carbocycles. The molecule has 5 nitrogen and oxygen atoms in total. The summed E-state index contributed by atoms with van der Waals surface area (Å²) in [5.74, 6) is 0.783. The molecule has 0 aromatic carbocycles. The summed E-state index contributed by atoms with van der Waals surface area (Å²) in [4.78, 5) is 2.27. The van der Waals surface area contributed by atoms with E-state index in [-0.39, 0.29) is 0 Å². The van der Waals surface area contributed by atoms with Crippen molar-refractivity contribution in [3.63, 3.8) is 0 Å². The van der Waals surface area contributed by atoms with E-state index in [1.807, 2.05) is 0 Å². The van der Waals surface area contributed by atoms with Crippen LogP contribution in [0.4, 0.5) is 0 Å². The van der Waals surface area contributed by atoms with Crippen LogP contribution in [0.2, 0.25) is 0 Å². The van der Waals surface area contributed by atoms with Crippen molar-refractivity contribution in [2.24, 2.45) is 11.7 Å². The Morgan fingerprint density at radius 2 is 2.27 bits per heavy atom. The highest BCUT2D eigenvalue weighted by Crippen LogP contribution is 2.18. The predicted molar refractivity (Wildman–Crippen MR) is 59.0 cm³/mol. The van der Waals surface area contributed by atoms with E-state index < -0.39 is 12.5 Å². The van der Waals surface area contributed by atoms with E-state index in [0.29, 0.717) is 13.1 Å². The molecule has 1 aliphatic heterocycles. The molecular weight excluding hydrogens is 194 g/mol. The van der Waals surface area contributed by atoms with Crippen LogP contribution in [0.15, 0.2) is 0 Å². The van der Waals surface area contributed by atoms with E-state index in [0.717, 1.165) is 19.0 Å². The minimum Gasteiger partial charge on any atom is -0.390 e. The lowest BCUT2D eigenvalue weighted by atomic mass is 10.1. The first-order valence-electron chi connectivity index (χ1n) is 5.69. The molecule has 5 heteroatoms. The van der Waals surface area contributed by atoms with Crippen LogP contribution < -0.4 is 11.1 Å².